The summed E-state index contributed by atoms with van der Waals surface area (Å²) in [6.45, 7) is 10.2. The Morgan fingerprint density at radius 2 is 1.37 bits per heavy atom. The van der Waals surface area contributed by atoms with Crippen molar-refractivity contribution in [2.45, 2.75) is 173 Å². The van der Waals surface area contributed by atoms with E-state index in [1.54, 1.807) is 85.7 Å². The van der Waals surface area contributed by atoms with Crippen LogP contribution in [0.5, 0.6) is 17.2 Å². The van der Waals surface area contributed by atoms with Gasteiger partial charge in [0.2, 0.25) is 29.4 Å². The van der Waals surface area contributed by atoms with Gasteiger partial charge in [0.05, 0.1) is 31.3 Å². The maximum absolute atomic E-state index is 15.3. The molecule has 0 spiro atoms. The van der Waals surface area contributed by atoms with Crippen molar-refractivity contribution in [3.63, 3.8) is 0 Å². The normalized spacial score (nSPS) is 26.1. The van der Waals surface area contributed by atoms with Crippen molar-refractivity contribution in [2.75, 3.05) is 68.2 Å². The highest BCUT2D eigenvalue weighted by atomic mass is 16.5. The zero-order valence-corrected chi connectivity index (χ0v) is 53.8. The van der Waals surface area contributed by atoms with Gasteiger partial charge in [0, 0.05) is 46.9 Å². The van der Waals surface area contributed by atoms with Crippen LogP contribution < -0.4 is 19.5 Å². The van der Waals surface area contributed by atoms with E-state index in [0.717, 1.165) is 31.2 Å². The molecule has 1 N–H and O–H groups in total. The largest absolute Gasteiger partial charge is 0.493 e. The number of carbonyl (C=O) groups is 9. The number of hydrogen-bond donors (Lipinski definition) is 1. The lowest BCUT2D eigenvalue weighted by Gasteiger charge is -2.39. The molecule has 21 nitrogen and oxygen atoms in total. The second-order valence-corrected chi connectivity index (χ2v) is 25.6. The second kappa shape index (κ2) is 31.1. The van der Waals surface area contributed by atoms with Crippen LogP contribution in [-0.4, -0.2) is 182 Å². The predicted octanol–water partition coefficient (Wildman–Crippen LogP) is 7.52. The van der Waals surface area contributed by atoms with Gasteiger partial charge in [-0.05, 0) is 172 Å². The molecule has 1 unspecified atom stereocenters. The number of rotatable bonds is 9. The summed E-state index contributed by atoms with van der Waals surface area (Å²) in [6, 6.07) is 15.5. The first-order valence-corrected chi connectivity index (χ1v) is 31.2. The van der Waals surface area contributed by atoms with Gasteiger partial charge in [0.1, 0.15) is 48.7 Å². The average Bonchev–Trinajstić information content (AvgIpc) is 2.22. The minimum atomic E-state index is -1.49. The average molecular weight is 1230 g/mol. The molecule has 1 aliphatic carbocycles. The summed E-state index contributed by atoms with van der Waals surface area (Å²) < 4.78 is 35.3. The Labute approximate surface area is 524 Å². The molecule has 0 aromatic heterocycles. The molecule has 4 aliphatic rings. The molecule has 21 heteroatoms. The van der Waals surface area contributed by atoms with Gasteiger partial charge in [-0.2, -0.15) is 0 Å². The van der Waals surface area contributed by atoms with Crippen LogP contribution in [0.1, 0.15) is 147 Å². The van der Waals surface area contributed by atoms with Crippen LogP contribution in [0.15, 0.2) is 84.9 Å². The molecule has 3 aromatic rings. The lowest BCUT2D eigenvalue weighted by atomic mass is 9.82. The Bertz CT molecular complexity index is 3030. The number of ketones is 1. The number of methoxy groups -OCH3 is 2. The van der Waals surface area contributed by atoms with Crippen molar-refractivity contribution >= 4 is 53.2 Å². The number of likely N-dealkylation sites (N-methyl/N-ethyl adjacent to an activating group) is 3. The van der Waals surface area contributed by atoms with E-state index in [0.29, 0.717) is 61.2 Å². The van der Waals surface area contributed by atoms with Crippen molar-refractivity contribution in [3.05, 3.63) is 102 Å². The van der Waals surface area contributed by atoms with Gasteiger partial charge in [-0.1, -0.05) is 54.6 Å². The van der Waals surface area contributed by atoms with Gasteiger partial charge in [-0.15, -0.1) is 0 Å². The molecule has 7 rings (SSSR count). The standard InChI is InChI=1S/C68H92N6O15/c1-44-61(78)69-59(47-21-13-12-14-22-47)64(81)72(9)53(39-45-28-32-49(33-29-45)89-67(2,3)4)63(80)73-38-20-26-51(73)62(79)70(7)36-17-16-27-58(76)87-43-68(5,6)60(77)65(82)74-37-18-15-25-52(74)66(83)88-54(34-30-46-31-35-55(84-10)56(40-46)85-11)48-23-19-24-50(41-48)86-42-57(75)71(44)8/h12-14,16,19,21-24,27,31,35,40-41,44-45,49,51-54,59H,15,17-18,20,25-26,28-30,32-34,36-39,42-43H2,1-11H3,(H,69,78)/b27-16-/t44-,45?,49?,51-,52-,53-,54+,59?/m0/s1. The third kappa shape index (κ3) is 18.2. The maximum atomic E-state index is 15.3. The zero-order chi connectivity index (χ0) is 64.7. The number of aryl methyl sites for hydroxylation is 1. The molecule has 89 heavy (non-hydrogen) atoms. The van der Waals surface area contributed by atoms with Crippen LogP contribution in [0, 0.1) is 11.3 Å². The summed E-state index contributed by atoms with van der Waals surface area (Å²) in [7, 11) is 7.70. The predicted molar refractivity (Wildman–Crippen MR) is 331 cm³/mol. The topological polar surface area (TPSA) is 237 Å². The van der Waals surface area contributed by atoms with Crippen LogP contribution in [0.3, 0.4) is 0 Å². The SMILES string of the molecule is COc1ccc(CC[C@H]2OC(=O)[C@@H]3CCCCN3C(=O)C(=O)C(C)(C)COC(=O)/C=C\CCN(C)C(=O)[C@@H]3CCCN3C(=O)[C@H](CC3CCC(OC(C)(C)C)CC3)N(C)C(=O)C(c3ccccc3)NC(=O)[C@H](C)N(C)C(=O)COc3cccc2c3)cc1OC. The van der Waals surface area contributed by atoms with Crippen LogP contribution >= 0.6 is 0 Å². The lowest BCUT2D eigenvalue weighted by molar-refractivity contribution is -0.165. The molecule has 0 radical (unpaired) electrons. The molecule has 3 fully saturated rings. The van der Waals surface area contributed by atoms with E-state index in [1.807, 2.05) is 32.9 Å². The molecule has 6 amide bonds. The van der Waals surface area contributed by atoms with Gasteiger partial charge in [0.15, 0.2) is 18.1 Å². The van der Waals surface area contributed by atoms with Crippen molar-refractivity contribution in [1.82, 2.24) is 29.8 Å². The molecule has 484 valence electrons. The third-order valence-electron chi connectivity index (χ3n) is 17.5. The number of benzene rings is 3. The van der Waals surface area contributed by atoms with E-state index >= 15 is 9.59 Å². The number of piperidine rings is 1. The smallest absolute Gasteiger partial charge is 0.330 e. The fraction of sp³-hybridized carbons (Fsp3) is 0.574. The summed E-state index contributed by atoms with van der Waals surface area (Å²) in [6.07, 6.45) is 8.32. The molecule has 2 bridgehead atoms. The zero-order valence-electron chi connectivity index (χ0n) is 53.8. The summed E-state index contributed by atoms with van der Waals surface area (Å²) in [5.41, 5.74) is -0.0285. The molecule has 6 atom stereocenters. The van der Waals surface area contributed by atoms with E-state index in [-0.39, 0.29) is 74.1 Å². The minimum Gasteiger partial charge on any atom is -0.493 e. The van der Waals surface area contributed by atoms with Crippen molar-refractivity contribution < 1.29 is 71.6 Å². The number of Topliss-reactive ketones (excluding diaryl/α,β-unsaturated/α-hetero) is 1. The summed E-state index contributed by atoms with van der Waals surface area (Å²) in [4.78, 5) is 136. The van der Waals surface area contributed by atoms with Crippen molar-refractivity contribution in [1.29, 1.82) is 0 Å². The van der Waals surface area contributed by atoms with Gasteiger partial charge >= 0.3 is 11.9 Å². The van der Waals surface area contributed by atoms with Gasteiger partial charge in [-0.25, -0.2) is 9.59 Å². The van der Waals surface area contributed by atoms with E-state index in [4.69, 9.17) is 28.4 Å². The number of ether oxygens (including phenoxy) is 6. The Kier molecular flexibility index (Phi) is 24.0. The maximum Gasteiger partial charge on any atom is 0.330 e. The summed E-state index contributed by atoms with van der Waals surface area (Å²) in [5, 5.41) is 2.92. The first-order chi connectivity index (χ1) is 42.3. The summed E-state index contributed by atoms with van der Waals surface area (Å²) >= 11 is 0. The highest BCUT2D eigenvalue weighted by molar-refractivity contribution is 6.38. The van der Waals surface area contributed by atoms with Gasteiger partial charge < -0.3 is 58.2 Å². The molecule has 2 saturated heterocycles. The molecule has 3 heterocycles. The molecular formula is C68H92N6O15. The molecule has 3 aliphatic heterocycles. The Hall–Kier alpha value is -7.81. The highest BCUT2D eigenvalue weighted by Gasteiger charge is 2.45. The first-order valence-electron chi connectivity index (χ1n) is 31.2. The number of amides is 6. The Morgan fingerprint density at radius 1 is 0.685 bits per heavy atom. The van der Waals surface area contributed by atoms with E-state index < -0.39 is 96.3 Å². The number of hydrogen-bond acceptors (Lipinski definition) is 15. The highest BCUT2D eigenvalue weighted by Crippen LogP contribution is 2.36. The molecular weight excluding hydrogens is 1140 g/mol. The van der Waals surface area contributed by atoms with Crippen LogP contribution in [-0.2, 0) is 63.8 Å². The monoisotopic (exact) mass is 1230 g/mol. The van der Waals surface area contributed by atoms with Crippen molar-refractivity contribution in [2.24, 2.45) is 11.3 Å². The van der Waals surface area contributed by atoms with Crippen LogP contribution in [0.25, 0.3) is 0 Å². The number of cyclic esters (lactones) is 2. The lowest BCUT2D eigenvalue weighted by Crippen LogP contribution is -2.56. The quantitative estimate of drug-likeness (QED) is 0.161. The van der Waals surface area contributed by atoms with Crippen LogP contribution in [0.4, 0.5) is 0 Å². The number of nitrogens with zero attached hydrogens (tertiary/aromatic N) is 5. The van der Waals surface area contributed by atoms with Crippen LogP contribution in [0.2, 0.25) is 0 Å². The van der Waals surface area contributed by atoms with Gasteiger partial charge in [-0.3, -0.25) is 33.6 Å². The fourth-order valence-corrected chi connectivity index (χ4v) is 12.1. The third-order valence-corrected chi connectivity index (χ3v) is 17.5. The van der Waals surface area contributed by atoms with E-state index in [2.05, 4.69) is 5.32 Å². The minimum absolute atomic E-state index is 0.0300. The molecule has 1 saturated carbocycles. The summed E-state index contributed by atoms with van der Waals surface area (Å²) in [5.74, 6) is -4.44. The Morgan fingerprint density at radius 3 is 2.07 bits per heavy atom. The second-order valence-electron chi connectivity index (χ2n) is 25.6. The van der Waals surface area contributed by atoms with E-state index in [9.17, 15) is 33.6 Å². The number of carbonyl (C=O) groups excluding carboxylic acids is 9. The van der Waals surface area contributed by atoms with Crippen molar-refractivity contribution in [3.8, 4) is 17.2 Å². The number of esters is 2. The van der Waals surface area contributed by atoms with E-state index in [1.165, 1.54) is 67.7 Å². The van der Waals surface area contributed by atoms with Gasteiger partial charge in [0.25, 0.3) is 11.8 Å². The first kappa shape index (κ1) is 68.7. The number of nitrogens with one attached hydrogen (secondary N) is 1. The number of fused-ring (bicyclic) bond motifs is 4. The molecule has 3 aromatic carbocycles. The Balaban J connectivity index is 1.19. The fourth-order valence-electron chi connectivity index (χ4n) is 12.1.